The molecule has 0 heterocycles. The lowest BCUT2D eigenvalue weighted by Crippen LogP contribution is -2.46. The zero-order valence-electron chi connectivity index (χ0n) is 11.9. The van der Waals surface area contributed by atoms with Gasteiger partial charge in [-0.25, -0.2) is 0 Å². The van der Waals surface area contributed by atoms with Crippen molar-refractivity contribution in [3.8, 4) is 0 Å². The number of hydrogen-bond donors (Lipinski definition) is 1. The molecule has 0 aliphatic heterocycles. The summed E-state index contributed by atoms with van der Waals surface area (Å²) in [6.07, 6.45) is 7.11. The van der Waals surface area contributed by atoms with Crippen molar-refractivity contribution in [3.05, 3.63) is 0 Å². The first-order chi connectivity index (χ1) is 8.20. The van der Waals surface area contributed by atoms with E-state index in [1.807, 2.05) is 0 Å². The van der Waals surface area contributed by atoms with Crippen LogP contribution in [0, 0.1) is 11.8 Å². The van der Waals surface area contributed by atoms with E-state index in [1.165, 1.54) is 51.7 Å². The lowest BCUT2D eigenvalue weighted by molar-refractivity contribution is 0.182. The van der Waals surface area contributed by atoms with Crippen LogP contribution in [0.2, 0.25) is 0 Å². The molecule has 2 aliphatic rings. The minimum absolute atomic E-state index is 0.709. The zero-order chi connectivity index (χ0) is 12.3. The van der Waals surface area contributed by atoms with E-state index in [0.29, 0.717) is 6.04 Å². The van der Waals surface area contributed by atoms with Gasteiger partial charge in [0.15, 0.2) is 0 Å². The summed E-state index contributed by atoms with van der Waals surface area (Å²) < 4.78 is 0. The molecule has 0 spiro atoms. The van der Waals surface area contributed by atoms with Gasteiger partial charge >= 0.3 is 0 Å². The first-order valence-electron chi connectivity index (χ1n) is 7.68. The molecule has 100 valence electrons. The van der Waals surface area contributed by atoms with Gasteiger partial charge in [0.1, 0.15) is 0 Å². The highest BCUT2D eigenvalue weighted by Gasteiger charge is 2.33. The molecule has 0 bridgehead atoms. The molecule has 1 unspecified atom stereocenters. The molecule has 2 heteroatoms. The van der Waals surface area contributed by atoms with Gasteiger partial charge in [-0.3, -0.25) is 4.90 Å². The average Bonchev–Trinajstić information content (AvgIpc) is 3.15. The fraction of sp³-hybridized carbons (Fsp3) is 1.00. The van der Waals surface area contributed by atoms with E-state index >= 15 is 0 Å². The van der Waals surface area contributed by atoms with Crippen LogP contribution in [0.3, 0.4) is 0 Å². The van der Waals surface area contributed by atoms with Gasteiger partial charge in [0.25, 0.3) is 0 Å². The minimum Gasteiger partial charge on any atom is -0.312 e. The zero-order valence-corrected chi connectivity index (χ0v) is 11.9. The van der Waals surface area contributed by atoms with Gasteiger partial charge in [-0.05, 0) is 64.3 Å². The Morgan fingerprint density at radius 2 is 1.88 bits per heavy atom. The molecular weight excluding hydrogens is 208 g/mol. The molecule has 1 atom stereocenters. The van der Waals surface area contributed by atoms with E-state index < -0.39 is 0 Å². The standard InChI is InChI=1S/C15H30N2/c1-4-9-16-15(14-7-8-14)11-17(12(2)3)10-13-5-6-13/h12-16H,4-11H2,1-3H3. The Labute approximate surface area is 107 Å². The summed E-state index contributed by atoms with van der Waals surface area (Å²) >= 11 is 0. The van der Waals surface area contributed by atoms with Gasteiger partial charge in [-0.2, -0.15) is 0 Å². The molecule has 0 amide bonds. The van der Waals surface area contributed by atoms with E-state index in [0.717, 1.165) is 17.9 Å². The topological polar surface area (TPSA) is 15.3 Å². The van der Waals surface area contributed by atoms with Crippen LogP contribution in [0.15, 0.2) is 0 Å². The normalized spacial score (nSPS) is 22.4. The predicted octanol–water partition coefficient (Wildman–Crippen LogP) is 2.89. The summed E-state index contributed by atoms with van der Waals surface area (Å²) in [5.41, 5.74) is 0. The van der Waals surface area contributed by atoms with Crippen molar-refractivity contribution >= 4 is 0 Å². The summed E-state index contributed by atoms with van der Waals surface area (Å²) in [5.74, 6) is 1.99. The first-order valence-corrected chi connectivity index (χ1v) is 7.68. The highest BCUT2D eigenvalue weighted by Crippen LogP contribution is 2.34. The fourth-order valence-electron chi connectivity index (χ4n) is 2.59. The van der Waals surface area contributed by atoms with E-state index in [1.54, 1.807) is 0 Å². The molecule has 0 saturated heterocycles. The Bertz CT molecular complexity index is 219. The first kappa shape index (κ1) is 13.4. The van der Waals surface area contributed by atoms with E-state index in [4.69, 9.17) is 0 Å². The molecule has 2 fully saturated rings. The van der Waals surface area contributed by atoms with Gasteiger partial charge in [-0.1, -0.05) is 6.92 Å². The van der Waals surface area contributed by atoms with Crippen molar-refractivity contribution in [3.63, 3.8) is 0 Å². The molecule has 2 rings (SSSR count). The van der Waals surface area contributed by atoms with Crippen molar-refractivity contribution in [2.24, 2.45) is 11.8 Å². The van der Waals surface area contributed by atoms with E-state index in [-0.39, 0.29) is 0 Å². The van der Waals surface area contributed by atoms with Crippen molar-refractivity contribution < 1.29 is 0 Å². The highest BCUT2D eigenvalue weighted by atomic mass is 15.2. The summed E-state index contributed by atoms with van der Waals surface area (Å²) in [6, 6.07) is 1.47. The van der Waals surface area contributed by atoms with Crippen molar-refractivity contribution in [1.29, 1.82) is 0 Å². The van der Waals surface area contributed by atoms with Gasteiger partial charge in [0.05, 0.1) is 0 Å². The Balaban J connectivity index is 1.79. The maximum Gasteiger partial charge on any atom is 0.0223 e. The van der Waals surface area contributed by atoms with Gasteiger partial charge in [0.2, 0.25) is 0 Å². The summed E-state index contributed by atoms with van der Waals surface area (Å²) in [5, 5.41) is 3.77. The Morgan fingerprint density at radius 3 is 2.35 bits per heavy atom. The Hall–Kier alpha value is -0.0800. The highest BCUT2D eigenvalue weighted by molar-refractivity contribution is 4.90. The maximum absolute atomic E-state index is 3.77. The molecule has 0 aromatic heterocycles. The van der Waals surface area contributed by atoms with Crippen LogP contribution in [0.5, 0.6) is 0 Å². The lowest BCUT2D eigenvalue weighted by Gasteiger charge is -2.31. The molecule has 0 aromatic rings. The lowest BCUT2D eigenvalue weighted by atomic mass is 10.1. The molecule has 2 nitrogen and oxygen atoms in total. The second-order valence-electron chi connectivity index (χ2n) is 6.39. The Morgan fingerprint density at radius 1 is 1.18 bits per heavy atom. The van der Waals surface area contributed by atoms with Crippen LogP contribution in [-0.2, 0) is 0 Å². The quantitative estimate of drug-likeness (QED) is 0.664. The molecule has 0 aromatic carbocycles. The monoisotopic (exact) mass is 238 g/mol. The molecule has 0 radical (unpaired) electrons. The van der Waals surface area contributed by atoms with Gasteiger partial charge in [0, 0.05) is 25.2 Å². The van der Waals surface area contributed by atoms with Gasteiger partial charge < -0.3 is 5.32 Å². The SMILES string of the molecule is CCCNC(CN(CC1CC1)C(C)C)C1CC1. The largest absolute Gasteiger partial charge is 0.312 e. The third kappa shape index (κ3) is 4.59. The smallest absolute Gasteiger partial charge is 0.0223 e. The van der Waals surface area contributed by atoms with E-state index in [9.17, 15) is 0 Å². The minimum atomic E-state index is 0.709. The number of rotatable bonds is 9. The number of hydrogen-bond acceptors (Lipinski definition) is 2. The molecule has 1 N–H and O–H groups in total. The van der Waals surface area contributed by atoms with Crippen LogP contribution >= 0.6 is 0 Å². The van der Waals surface area contributed by atoms with Crippen molar-refractivity contribution in [1.82, 2.24) is 10.2 Å². The van der Waals surface area contributed by atoms with Crippen molar-refractivity contribution in [2.45, 2.75) is 65.0 Å². The summed E-state index contributed by atoms with van der Waals surface area (Å²) in [6.45, 7) is 10.8. The van der Waals surface area contributed by atoms with Crippen molar-refractivity contribution in [2.75, 3.05) is 19.6 Å². The van der Waals surface area contributed by atoms with Crippen LogP contribution in [-0.4, -0.2) is 36.6 Å². The second-order valence-corrected chi connectivity index (χ2v) is 6.39. The number of nitrogens with zero attached hydrogens (tertiary/aromatic N) is 1. The second kappa shape index (κ2) is 6.19. The van der Waals surface area contributed by atoms with Crippen LogP contribution in [0.1, 0.15) is 52.9 Å². The molecule has 2 saturated carbocycles. The third-order valence-electron chi connectivity index (χ3n) is 4.20. The fourth-order valence-corrected chi connectivity index (χ4v) is 2.59. The Kier molecular flexibility index (Phi) is 4.87. The third-order valence-corrected chi connectivity index (χ3v) is 4.20. The number of nitrogens with one attached hydrogen (secondary N) is 1. The molecule has 17 heavy (non-hydrogen) atoms. The average molecular weight is 238 g/mol. The van der Waals surface area contributed by atoms with Gasteiger partial charge in [-0.15, -0.1) is 0 Å². The van der Waals surface area contributed by atoms with Crippen LogP contribution in [0.4, 0.5) is 0 Å². The molecular formula is C15H30N2. The summed E-state index contributed by atoms with van der Waals surface area (Å²) in [4.78, 5) is 2.71. The van der Waals surface area contributed by atoms with Crippen LogP contribution in [0.25, 0.3) is 0 Å². The van der Waals surface area contributed by atoms with E-state index in [2.05, 4.69) is 31.0 Å². The predicted molar refractivity (Wildman–Crippen MR) is 74.2 cm³/mol. The molecule has 2 aliphatic carbocycles. The van der Waals surface area contributed by atoms with Crippen LogP contribution < -0.4 is 5.32 Å². The summed E-state index contributed by atoms with van der Waals surface area (Å²) in [7, 11) is 0. The maximum atomic E-state index is 3.77.